The van der Waals surface area contributed by atoms with Crippen LogP contribution >= 0.6 is 34.5 Å². The number of nitrogens with zero attached hydrogens (tertiary/aromatic N) is 5. The van der Waals surface area contributed by atoms with Gasteiger partial charge in [0.05, 0.1) is 23.2 Å². The number of carbonyl (C=O) groups excluding carboxylic acids is 1. The minimum absolute atomic E-state index is 0.0116. The highest BCUT2D eigenvalue weighted by molar-refractivity contribution is 7.17. The highest BCUT2D eigenvalue weighted by atomic mass is 35.5. The van der Waals surface area contributed by atoms with Gasteiger partial charge in [-0.2, -0.15) is 15.2 Å². The van der Waals surface area contributed by atoms with E-state index in [2.05, 4.69) is 20.3 Å². The number of aromatic nitrogens is 3. The molecule has 0 aliphatic rings. The fourth-order valence-electron chi connectivity index (χ4n) is 2.72. The molecule has 32 heavy (non-hydrogen) atoms. The minimum atomic E-state index is -0.891. The Bertz CT molecular complexity index is 1460. The first-order valence-electron chi connectivity index (χ1n) is 9.14. The molecule has 4 rings (SSSR count). The first-order valence-corrected chi connectivity index (χ1v) is 10.7. The lowest BCUT2D eigenvalue weighted by atomic mass is 10.2. The molecule has 0 unspecified atom stereocenters. The zero-order valence-corrected chi connectivity index (χ0v) is 18.6. The fraction of sp³-hybridized carbons (Fsp3) is 0.100. The van der Waals surface area contributed by atoms with Crippen LogP contribution in [0, 0.1) is 0 Å². The van der Waals surface area contributed by atoms with Crippen LogP contribution in [-0.2, 0) is 9.53 Å². The van der Waals surface area contributed by atoms with Gasteiger partial charge in [-0.05, 0) is 49.4 Å². The maximum Gasteiger partial charge on any atom is 0.362 e. The van der Waals surface area contributed by atoms with E-state index in [4.69, 9.17) is 27.9 Å². The zero-order valence-electron chi connectivity index (χ0n) is 16.3. The number of hydrogen-bond acceptors (Lipinski definition) is 9. The summed E-state index contributed by atoms with van der Waals surface area (Å²) in [6.07, 6.45) is 0. The number of aliphatic hydroxyl groups is 1. The maximum atomic E-state index is 12.4. The first-order chi connectivity index (χ1) is 15.4. The molecule has 1 N–H and O–H groups in total. The third kappa shape index (κ3) is 4.33. The normalized spacial score (nSPS) is 12.5. The van der Waals surface area contributed by atoms with Crippen molar-refractivity contribution in [2.24, 2.45) is 10.2 Å². The highest BCUT2D eigenvalue weighted by Crippen LogP contribution is 2.27. The topological polar surface area (TPSA) is 119 Å². The number of halogens is 2. The number of aliphatic hydroxyl groups excluding tert-OH is 1. The average Bonchev–Trinajstić information content (AvgIpc) is 3.19. The Balaban J connectivity index is 1.86. The standard InChI is InChI=1S/C20H13Cl2N5O4S/c1-2-31-19(30)15(25-24-12-6-3-10(21)4-7-12)16(28)18-26-27-14-9-11(22)5-8-13(14)17(29)23-20(27)32-18/h3-9,28H,2H2,1H3/b16-15+,25-24?. The lowest BCUT2D eigenvalue weighted by Crippen LogP contribution is -2.10. The van der Waals surface area contributed by atoms with E-state index in [1.54, 1.807) is 49.4 Å². The number of esters is 1. The van der Waals surface area contributed by atoms with E-state index in [-0.39, 0.29) is 16.6 Å². The molecule has 0 radical (unpaired) electrons. The Morgan fingerprint density at radius 1 is 1.19 bits per heavy atom. The van der Waals surface area contributed by atoms with E-state index in [0.717, 1.165) is 11.3 Å². The molecule has 0 saturated carbocycles. The molecule has 4 aromatic rings. The molecule has 2 aromatic carbocycles. The molecule has 162 valence electrons. The van der Waals surface area contributed by atoms with E-state index in [1.807, 2.05) is 0 Å². The molecule has 0 bridgehead atoms. The summed E-state index contributed by atoms with van der Waals surface area (Å²) in [7, 11) is 0. The van der Waals surface area contributed by atoms with Crippen molar-refractivity contribution in [3.05, 3.63) is 73.6 Å². The van der Waals surface area contributed by atoms with Crippen molar-refractivity contribution >= 4 is 67.8 Å². The third-order valence-corrected chi connectivity index (χ3v) is 5.57. The Labute approximate surface area is 194 Å². The minimum Gasteiger partial charge on any atom is -0.503 e. The van der Waals surface area contributed by atoms with E-state index in [0.29, 0.717) is 26.6 Å². The summed E-state index contributed by atoms with van der Waals surface area (Å²) in [5, 5.41) is 24.1. The van der Waals surface area contributed by atoms with E-state index in [1.165, 1.54) is 4.52 Å². The van der Waals surface area contributed by atoms with E-state index in [9.17, 15) is 14.7 Å². The number of hydrogen-bond donors (Lipinski definition) is 1. The zero-order chi connectivity index (χ0) is 22.8. The maximum absolute atomic E-state index is 12.4. The summed E-state index contributed by atoms with van der Waals surface area (Å²) in [6.45, 7) is 1.68. The van der Waals surface area contributed by atoms with Gasteiger partial charge in [0, 0.05) is 10.0 Å². The largest absolute Gasteiger partial charge is 0.503 e. The second-order valence-electron chi connectivity index (χ2n) is 6.27. The second kappa shape index (κ2) is 9.03. The Kier molecular flexibility index (Phi) is 6.17. The van der Waals surface area contributed by atoms with Crippen molar-refractivity contribution in [3.8, 4) is 0 Å². The van der Waals surface area contributed by atoms with Gasteiger partial charge in [0.2, 0.25) is 10.7 Å². The second-order valence-corrected chi connectivity index (χ2v) is 8.10. The van der Waals surface area contributed by atoms with Crippen molar-refractivity contribution < 1.29 is 14.6 Å². The molecule has 0 saturated heterocycles. The van der Waals surface area contributed by atoms with Gasteiger partial charge in [-0.1, -0.05) is 34.5 Å². The molecule has 0 amide bonds. The van der Waals surface area contributed by atoms with Gasteiger partial charge in [0.25, 0.3) is 5.56 Å². The van der Waals surface area contributed by atoms with Gasteiger partial charge in [0.1, 0.15) is 0 Å². The van der Waals surface area contributed by atoms with Crippen LogP contribution in [0.4, 0.5) is 5.69 Å². The highest BCUT2D eigenvalue weighted by Gasteiger charge is 2.22. The average molecular weight is 490 g/mol. The quantitative estimate of drug-likeness (QED) is 0.178. The van der Waals surface area contributed by atoms with Crippen molar-refractivity contribution in [2.75, 3.05) is 6.61 Å². The molecule has 12 heteroatoms. The SMILES string of the molecule is CCOC(=O)/C(N=Nc1ccc(Cl)cc1)=C(\O)c1nn2c(nc(=O)c3ccc(Cl)cc32)s1. The van der Waals surface area contributed by atoms with Gasteiger partial charge in [-0.15, -0.1) is 5.11 Å². The number of azo groups is 1. The van der Waals surface area contributed by atoms with E-state index >= 15 is 0 Å². The molecular weight excluding hydrogens is 477 g/mol. The van der Waals surface area contributed by atoms with Gasteiger partial charge in [-0.25, -0.2) is 9.31 Å². The summed E-state index contributed by atoms with van der Waals surface area (Å²) < 4.78 is 6.35. The Morgan fingerprint density at radius 2 is 1.91 bits per heavy atom. The lowest BCUT2D eigenvalue weighted by molar-refractivity contribution is -0.138. The monoisotopic (exact) mass is 489 g/mol. The summed E-state index contributed by atoms with van der Waals surface area (Å²) in [5.74, 6) is -1.46. The van der Waals surface area contributed by atoms with Crippen molar-refractivity contribution in [1.29, 1.82) is 0 Å². The number of fused-ring (bicyclic) bond motifs is 3. The fourth-order valence-corrected chi connectivity index (χ4v) is 3.85. The van der Waals surface area contributed by atoms with Gasteiger partial charge in [0.15, 0.2) is 10.8 Å². The molecule has 0 aliphatic carbocycles. The van der Waals surface area contributed by atoms with Crippen LogP contribution in [0.25, 0.3) is 21.6 Å². The Morgan fingerprint density at radius 3 is 2.62 bits per heavy atom. The molecule has 0 atom stereocenters. The smallest absolute Gasteiger partial charge is 0.362 e. The molecule has 0 aliphatic heterocycles. The summed E-state index contributed by atoms with van der Waals surface area (Å²) in [4.78, 5) is 28.9. The molecule has 0 fully saturated rings. The van der Waals surface area contributed by atoms with Gasteiger partial charge < -0.3 is 9.84 Å². The molecule has 0 spiro atoms. The van der Waals surface area contributed by atoms with Crippen LogP contribution in [0.3, 0.4) is 0 Å². The van der Waals surface area contributed by atoms with Crippen LogP contribution in [0.15, 0.2) is 63.2 Å². The number of ether oxygens (including phenoxy) is 1. The number of rotatable bonds is 5. The van der Waals surface area contributed by atoms with Crippen LogP contribution < -0.4 is 5.56 Å². The van der Waals surface area contributed by atoms with Crippen LogP contribution in [0.5, 0.6) is 0 Å². The number of benzene rings is 2. The van der Waals surface area contributed by atoms with Crippen LogP contribution in [0.1, 0.15) is 11.9 Å². The van der Waals surface area contributed by atoms with Crippen molar-refractivity contribution in [3.63, 3.8) is 0 Å². The molecule has 9 nitrogen and oxygen atoms in total. The lowest BCUT2D eigenvalue weighted by Gasteiger charge is -2.03. The summed E-state index contributed by atoms with van der Waals surface area (Å²) in [5.41, 5.74) is -0.112. The molecule has 2 aromatic heterocycles. The summed E-state index contributed by atoms with van der Waals surface area (Å²) in [6, 6.07) is 11.1. The first kappa shape index (κ1) is 21.9. The predicted molar refractivity (Wildman–Crippen MR) is 122 cm³/mol. The van der Waals surface area contributed by atoms with Crippen LogP contribution in [0.2, 0.25) is 10.0 Å². The molecule has 2 heterocycles. The predicted octanol–water partition coefficient (Wildman–Crippen LogP) is 5.18. The van der Waals surface area contributed by atoms with Gasteiger partial charge in [-0.3, -0.25) is 4.79 Å². The van der Waals surface area contributed by atoms with Crippen molar-refractivity contribution in [1.82, 2.24) is 14.6 Å². The number of carbonyl (C=O) groups is 1. The van der Waals surface area contributed by atoms with Crippen LogP contribution in [-0.4, -0.2) is 32.3 Å². The van der Waals surface area contributed by atoms with Gasteiger partial charge >= 0.3 is 5.97 Å². The van der Waals surface area contributed by atoms with E-state index < -0.39 is 23.0 Å². The molecular formula is C20H13Cl2N5O4S. The summed E-state index contributed by atoms with van der Waals surface area (Å²) >= 11 is 12.8. The Hall–Kier alpha value is -3.34. The third-order valence-electron chi connectivity index (χ3n) is 4.16. The van der Waals surface area contributed by atoms with Crippen molar-refractivity contribution in [2.45, 2.75) is 6.92 Å².